The van der Waals surface area contributed by atoms with Gasteiger partial charge in [-0.25, -0.2) is 0 Å². The van der Waals surface area contributed by atoms with Crippen molar-refractivity contribution in [2.24, 2.45) is 0 Å². The van der Waals surface area contributed by atoms with Crippen LogP contribution in [-0.4, -0.2) is 34.8 Å². The highest BCUT2D eigenvalue weighted by atomic mass is 16.5. The zero-order valence-corrected chi connectivity index (χ0v) is 11.7. The molecule has 0 heterocycles. The Morgan fingerprint density at radius 3 is 2.70 bits per heavy atom. The first-order valence-electron chi connectivity index (χ1n) is 7.20. The maximum atomic E-state index is 12.5. The van der Waals surface area contributed by atoms with Crippen LogP contribution in [0.15, 0.2) is 24.3 Å². The minimum atomic E-state index is -1.19. The van der Waals surface area contributed by atoms with Gasteiger partial charge in [0, 0.05) is 5.56 Å². The van der Waals surface area contributed by atoms with Crippen molar-refractivity contribution in [3.05, 3.63) is 35.4 Å². The fourth-order valence-corrected chi connectivity index (χ4v) is 2.69. The number of aliphatic hydroxyl groups excluding tert-OH is 1. The number of Topliss-reactive ketones (excluding diaryl/α,β-unsaturated/α-hetero) is 1. The van der Waals surface area contributed by atoms with E-state index < -0.39 is 5.60 Å². The lowest BCUT2D eigenvalue weighted by molar-refractivity contribution is 0.0116. The van der Waals surface area contributed by atoms with Crippen molar-refractivity contribution < 1.29 is 19.7 Å². The normalized spacial score (nSPS) is 17.9. The van der Waals surface area contributed by atoms with Gasteiger partial charge in [0.15, 0.2) is 5.78 Å². The molecule has 2 rings (SSSR count). The molecule has 4 heteroatoms. The van der Waals surface area contributed by atoms with Crippen LogP contribution in [0.3, 0.4) is 0 Å². The summed E-state index contributed by atoms with van der Waals surface area (Å²) in [5.41, 5.74) is 0.228. The monoisotopic (exact) mass is 278 g/mol. The molecule has 1 aliphatic rings. The van der Waals surface area contributed by atoms with Gasteiger partial charge in [-0.1, -0.05) is 37.5 Å². The van der Waals surface area contributed by atoms with Crippen LogP contribution in [0.25, 0.3) is 0 Å². The van der Waals surface area contributed by atoms with Crippen molar-refractivity contribution >= 4 is 5.78 Å². The lowest BCUT2D eigenvalue weighted by Crippen LogP contribution is -2.40. The molecular formula is C16H22O4. The summed E-state index contributed by atoms with van der Waals surface area (Å²) < 4.78 is 5.25. The average Bonchev–Trinajstić information content (AvgIpc) is 2.48. The number of rotatable bonds is 6. The zero-order valence-electron chi connectivity index (χ0n) is 11.7. The Morgan fingerprint density at radius 1 is 1.25 bits per heavy atom. The molecule has 0 aliphatic heterocycles. The largest absolute Gasteiger partial charge is 0.394 e. The molecule has 110 valence electrons. The molecule has 2 N–H and O–H groups in total. The van der Waals surface area contributed by atoms with E-state index in [4.69, 9.17) is 9.84 Å². The Kier molecular flexibility index (Phi) is 5.29. The second-order valence-electron chi connectivity index (χ2n) is 5.40. The maximum absolute atomic E-state index is 12.5. The summed E-state index contributed by atoms with van der Waals surface area (Å²) in [7, 11) is 0. The van der Waals surface area contributed by atoms with Crippen LogP contribution in [-0.2, 0) is 11.3 Å². The molecule has 1 saturated carbocycles. The average molecular weight is 278 g/mol. The fourth-order valence-electron chi connectivity index (χ4n) is 2.69. The van der Waals surface area contributed by atoms with Crippen LogP contribution >= 0.6 is 0 Å². The molecule has 0 bridgehead atoms. The van der Waals surface area contributed by atoms with Gasteiger partial charge in [0.05, 0.1) is 19.8 Å². The highest BCUT2D eigenvalue weighted by molar-refractivity contribution is 6.02. The summed E-state index contributed by atoms with van der Waals surface area (Å²) in [4.78, 5) is 12.5. The van der Waals surface area contributed by atoms with Gasteiger partial charge in [-0.2, -0.15) is 0 Å². The number of ketones is 1. The predicted octanol–water partition coefficient (Wildman–Crippen LogP) is 2.07. The molecule has 0 amide bonds. The number of aliphatic hydroxyl groups is 2. The quantitative estimate of drug-likeness (QED) is 0.617. The molecule has 0 spiro atoms. The van der Waals surface area contributed by atoms with Crippen LogP contribution in [0.5, 0.6) is 0 Å². The van der Waals surface area contributed by atoms with E-state index in [0.717, 1.165) is 24.8 Å². The molecule has 0 saturated heterocycles. The Bertz CT molecular complexity index is 450. The number of ether oxygens (including phenoxy) is 1. The zero-order chi connectivity index (χ0) is 14.4. The third-order valence-corrected chi connectivity index (χ3v) is 3.80. The van der Waals surface area contributed by atoms with E-state index in [1.807, 2.05) is 6.07 Å². The van der Waals surface area contributed by atoms with Crippen molar-refractivity contribution in [1.82, 2.24) is 0 Å². The van der Waals surface area contributed by atoms with E-state index in [1.54, 1.807) is 18.2 Å². The molecule has 20 heavy (non-hydrogen) atoms. The van der Waals surface area contributed by atoms with E-state index in [9.17, 15) is 9.90 Å². The summed E-state index contributed by atoms with van der Waals surface area (Å²) in [5, 5.41) is 19.2. The van der Waals surface area contributed by atoms with E-state index in [-0.39, 0.29) is 19.0 Å². The van der Waals surface area contributed by atoms with Crippen molar-refractivity contribution in [1.29, 1.82) is 0 Å². The first-order valence-corrected chi connectivity index (χ1v) is 7.20. The Hall–Kier alpha value is -1.23. The van der Waals surface area contributed by atoms with Crippen LogP contribution in [0.1, 0.15) is 48.0 Å². The Labute approximate surface area is 119 Å². The van der Waals surface area contributed by atoms with Gasteiger partial charge in [0.1, 0.15) is 5.60 Å². The summed E-state index contributed by atoms with van der Waals surface area (Å²) in [5.74, 6) is -0.179. The van der Waals surface area contributed by atoms with Crippen LogP contribution in [0, 0.1) is 0 Å². The topological polar surface area (TPSA) is 66.8 Å². The maximum Gasteiger partial charge on any atom is 0.194 e. The van der Waals surface area contributed by atoms with Gasteiger partial charge in [0.25, 0.3) is 0 Å². The van der Waals surface area contributed by atoms with E-state index in [2.05, 4.69) is 0 Å². The number of hydrogen-bond acceptors (Lipinski definition) is 4. The standard InChI is InChI=1S/C16H22O4/c17-9-10-20-12-13-5-4-6-14(11-13)15(18)16(19)7-2-1-3-8-16/h4-6,11,17,19H,1-3,7-10,12H2. The van der Waals surface area contributed by atoms with Gasteiger partial charge in [0.2, 0.25) is 0 Å². The molecule has 4 nitrogen and oxygen atoms in total. The third kappa shape index (κ3) is 3.66. The first-order chi connectivity index (χ1) is 9.65. The number of hydrogen-bond donors (Lipinski definition) is 2. The van der Waals surface area contributed by atoms with E-state index in [0.29, 0.717) is 25.0 Å². The third-order valence-electron chi connectivity index (χ3n) is 3.80. The number of carbonyl (C=O) groups is 1. The summed E-state index contributed by atoms with van der Waals surface area (Å²) in [6.07, 6.45) is 4.00. The van der Waals surface area contributed by atoms with Gasteiger partial charge in [-0.05, 0) is 24.5 Å². The van der Waals surface area contributed by atoms with Gasteiger partial charge in [-0.15, -0.1) is 0 Å². The number of benzene rings is 1. The second kappa shape index (κ2) is 6.97. The molecule has 0 unspecified atom stereocenters. The molecule has 1 aliphatic carbocycles. The molecule has 0 aromatic heterocycles. The number of carbonyl (C=O) groups excluding carboxylic acids is 1. The summed E-state index contributed by atoms with van der Waals surface area (Å²) in [6.45, 7) is 0.626. The lowest BCUT2D eigenvalue weighted by atomic mass is 9.79. The molecule has 1 fully saturated rings. The van der Waals surface area contributed by atoms with Crippen molar-refractivity contribution in [2.45, 2.75) is 44.3 Å². The van der Waals surface area contributed by atoms with Crippen LogP contribution in [0.2, 0.25) is 0 Å². The Balaban J connectivity index is 2.07. The van der Waals surface area contributed by atoms with Crippen molar-refractivity contribution in [3.8, 4) is 0 Å². The lowest BCUT2D eigenvalue weighted by Gasteiger charge is -2.30. The van der Waals surface area contributed by atoms with Crippen LogP contribution in [0.4, 0.5) is 0 Å². The van der Waals surface area contributed by atoms with Gasteiger partial charge in [-0.3, -0.25) is 4.79 Å². The van der Waals surface area contributed by atoms with Crippen molar-refractivity contribution in [2.75, 3.05) is 13.2 Å². The molecule has 1 aromatic carbocycles. The van der Waals surface area contributed by atoms with E-state index >= 15 is 0 Å². The minimum absolute atomic E-state index is 0.0155. The smallest absolute Gasteiger partial charge is 0.194 e. The highest BCUT2D eigenvalue weighted by Crippen LogP contribution is 2.31. The minimum Gasteiger partial charge on any atom is -0.394 e. The summed E-state index contributed by atoms with van der Waals surface area (Å²) >= 11 is 0. The highest BCUT2D eigenvalue weighted by Gasteiger charge is 2.37. The molecular weight excluding hydrogens is 256 g/mol. The van der Waals surface area contributed by atoms with Crippen LogP contribution < -0.4 is 0 Å². The Morgan fingerprint density at radius 2 is 2.00 bits per heavy atom. The first kappa shape index (κ1) is 15.2. The van der Waals surface area contributed by atoms with E-state index in [1.165, 1.54) is 0 Å². The molecule has 1 aromatic rings. The SMILES string of the molecule is O=C(c1cccc(COCCO)c1)C1(O)CCCCC1. The molecule has 0 radical (unpaired) electrons. The second-order valence-corrected chi connectivity index (χ2v) is 5.40. The molecule has 0 atom stereocenters. The predicted molar refractivity (Wildman–Crippen MR) is 75.5 cm³/mol. The van der Waals surface area contributed by atoms with Crippen molar-refractivity contribution in [3.63, 3.8) is 0 Å². The fraction of sp³-hybridized carbons (Fsp3) is 0.562. The van der Waals surface area contributed by atoms with Gasteiger partial charge >= 0.3 is 0 Å². The summed E-state index contributed by atoms with van der Waals surface area (Å²) in [6, 6.07) is 7.19. The van der Waals surface area contributed by atoms with Gasteiger partial charge < -0.3 is 14.9 Å².